The molecule has 30 heavy (non-hydrogen) atoms. The fourth-order valence-electron chi connectivity index (χ4n) is 4.08. The number of nitrogens with zero attached hydrogens (tertiary/aromatic N) is 4. The van der Waals surface area contributed by atoms with Crippen molar-refractivity contribution in [2.24, 2.45) is 0 Å². The van der Waals surface area contributed by atoms with Crippen LogP contribution in [0.4, 0.5) is 4.79 Å². The Hall–Kier alpha value is -2.54. The van der Waals surface area contributed by atoms with Crippen LogP contribution >= 0.6 is 11.6 Å². The number of carbonyl (C=O) groups is 2. The second-order valence-electron chi connectivity index (χ2n) is 7.92. The SMILES string of the molecule is O=C(Cc1ccccc1Cl)N1CCN(C(=O)NCCc2cn3c(n2)CCCC3)CC1. The quantitative estimate of drug-likeness (QED) is 0.793. The lowest BCUT2D eigenvalue weighted by molar-refractivity contribution is -0.131. The number of imidazole rings is 1. The summed E-state index contributed by atoms with van der Waals surface area (Å²) < 4.78 is 2.24. The number of benzene rings is 1. The number of urea groups is 1. The summed E-state index contributed by atoms with van der Waals surface area (Å²) in [6.07, 6.45) is 6.62. The van der Waals surface area contributed by atoms with Crippen LogP contribution in [0.5, 0.6) is 0 Å². The molecule has 0 unspecified atom stereocenters. The van der Waals surface area contributed by atoms with Crippen molar-refractivity contribution in [3.63, 3.8) is 0 Å². The van der Waals surface area contributed by atoms with Crippen molar-refractivity contribution in [2.75, 3.05) is 32.7 Å². The van der Waals surface area contributed by atoms with Gasteiger partial charge in [-0.2, -0.15) is 0 Å². The lowest BCUT2D eigenvalue weighted by atomic mass is 10.1. The summed E-state index contributed by atoms with van der Waals surface area (Å²) in [5, 5.41) is 3.60. The fourth-order valence-corrected chi connectivity index (χ4v) is 4.28. The summed E-state index contributed by atoms with van der Waals surface area (Å²) in [6.45, 7) is 3.79. The van der Waals surface area contributed by atoms with Crippen LogP contribution in [0.15, 0.2) is 30.5 Å². The summed E-state index contributed by atoms with van der Waals surface area (Å²) >= 11 is 6.16. The van der Waals surface area contributed by atoms with Crippen LogP contribution in [0.3, 0.4) is 0 Å². The minimum absolute atomic E-state index is 0.0481. The number of aromatic nitrogens is 2. The van der Waals surface area contributed by atoms with E-state index in [0.29, 0.717) is 44.2 Å². The third-order valence-electron chi connectivity index (χ3n) is 5.83. The number of carbonyl (C=O) groups excluding carboxylic acids is 2. The minimum Gasteiger partial charge on any atom is -0.339 e. The number of rotatable bonds is 5. The number of fused-ring (bicyclic) bond motifs is 1. The molecule has 0 bridgehead atoms. The van der Waals surface area contributed by atoms with Crippen LogP contribution in [-0.2, 0) is 30.6 Å². The molecule has 0 saturated carbocycles. The van der Waals surface area contributed by atoms with Gasteiger partial charge in [-0.05, 0) is 24.5 Å². The molecule has 0 atom stereocenters. The van der Waals surface area contributed by atoms with E-state index in [0.717, 1.165) is 30.6 Å². The average Bonchev–Trinajstić information content (AvgIpc) is 3.18. The van der Waals surface area contributed by atoms with Gasteiger partial charge in [-0.1, -0.05) is 29.8 Å². The average molecular weight is 430 g/mol. The van der Waals surface area contributed by atoms with E-state index < -0.39 is 0 Å². The topological polar surface area (TPSA) is 70.5 Å². The van der Waals surface area contributed by atoms with E-state index in [-0.39, 0.29) is 11.9 Å². The Kier molecular flexibility index (Phi) is 6.57. The molecular weight excluding hydrogens is 402 g/mol. The number of hydrogen-bond donors (Lipinski definition) is 1. The number of halogens is 1. The summed E-state index contributed by atoms with van der Waals surface area (Å²) in [7, 11) is 0. The van der Waals surface area contributed by atoms with Crippen molar-refractivity contribution in [1.29, 1.82) is 0 Å². The maximum Gasteiger partial charge on any atom is 0.317 e. The van der Waals surface area contributed by atoms with Gasteiger partial charge in [0.15, 0.2) is 0 Å². The highest BCUT2D eigenvalue weighted by molar-refractivity contribution is 6.31. The number of amides is 3. The van der Waals surface area contributed by atoms with Crippen molar-refractivity contribution >= 4 is 23.5 Å². The molecule has 3 amide bonds. The van der Waals surface area contributed by atoms with E-state index in [1.54, 1.807) is 11.0 Å². The first-order valence-corrected chi connectivity index (χ1v) is 11.1. The van der Waals surface area contributed by atoms with Crippen LogP contribution in [0.2, 0.25) is 5.02 Å². The lowest BCUT2D eigenvalue weighted by Crippen LogP contribution is -2.53. The molecule has 2 aromatic rings. The van der Waals surface area contributed by atoms with Crippen molar-refractivity contribution in [3.05, 3.63) is 52.6 Å². The van der Waals surface area contributed by atoms with Gasteiger partial charge in [0.05, 0.1) is 12.1 Å². The van der Waals surface area contributed by atoms with E-state index in [4.69, 9.17) is 11.6 Å². The summed E-state index contributed by atoms with van der Waals surface area (Å²) in [5.74, 6) is 1.21. The predicted molar refractivity (Wildman–Crippen MR) is 116 cm³/mol. The van der Waals surface area contributed by atoms with Crippen molar-refractivity contribution in [3.8, 4) is 0 Å². The standard InChI is InChI=1S/C22H28ClN5O2/c23-19-6-2-1-5-17(19)15-21(29)26-11-13-27(14-12-26)22(30)24-9-8-18-16-28-10-4-3-7-20(28)25-18/h1-2,5-6,16H,3-4,7-15H2,(H,24,30). The first kappa shape index (κ1) is 20.7. The molecule has 0 aliphatic carbocycles. The second-order valence-corrected chi connectivity index (χ2v) is 8.32. The second kappa shape index (κ2) is 9.51. The molecule has 1 aromatic heterocycles. The Balaban J connectivity index is 1.19. The van der Waals surface area contributed by atoms with Gasteiger partial charge >= 0.3 is 6.03 Å². The van der Waals surface area contributed by atoms with E-state index in [1.165, 1.54) is 18.7 Å². The normalized spacial score (nSPS) is 16.3. The Bertz CT molecular complexity index is 881. The van der Waals surface area contributed by atoms with Crippen molar-refractivity contribution < 1.29 is 9.59 Å². The maximum absolute atomic E-state index is 12.5. The van der Waals surface area contributed by atoms with Crippen LogP contribution in [0, 0.1) is 0 Å². The Morgan fingerprint density at radius 1 is 1.03 bits per heavy atom. The zero-order valence-electron chi connectivity index (χ0n) is 17.1. The summed E-state index contributed by atoms with van der Waals surface area (Å²) in [6, 6.07) is 7.34. The molecule has 0 spiro atoms. The number of piperazine rings is 1. The molecule has 7 nitrogen and oxygen atoms in total. The van der Waals surface area contributed by atoms with Crippen LogP contribution < -0.4 is 5.32 Å². The molecule has 4 rings (SSSR count). The highest BCUT2D eigenvalue weighted by atomic mass is 35.5. The van der Waals surface area contributed by atoms with Gasteiger partial charge in [0.1, 0.15) is 5.82 Å². The van der Waals surface area contributed by atoms with Gasteiger partial charge in [-0.3, -0.25) is 4.79 Å². The molecule has 2 aliphatic heterocycles. The lowest BCUT2D eigenvalue weighted by Gasteiger charge is -2.34. The van der Waals surface area contributed by atoms with Crippen LogP contribution in [-0.4, -0.2) is 64.0 Å². The number of hydrogen-bond acceptors (Lipinski definition) is 3. The number of aryl methyl sites for hydroxylation is 2. The summed E-state index contributed by atoms with van der Waals surface area (Å²) in [5.41, 5.74) is 1.88. The fraction of sp³-hybridized carbons (Fsp3) is 0.500. The zero-order chi connectivity index (χ0) is 20.9. The third kappa shape index (κ3) is 4.95. The van der Waals surface area contributed by atoms with E-state index in [9.17, 15) is 9.59 Å². The molecular formula is C22H28ClN5O2. The van der Waals surface area contributed by atoms with Crippen molar-refractivity contribution in [1.82, 2.24) is 24.7 Å². The maximum atomic E-state index is 12.5. The largest absolute Gasteiger partial charge is 0.339 e. The van der Waals surface area contributed by atoms with E-state index in [2.05, 4.69) is 21.1 Å². The van der Waals surface area contributed by atoms with Gasteiger partial charge < -0.3 is 19.7 Å². The highest BCUT2D eigenvalue weighted by Crippen LogP contribution is 2.17. The molecule has 3 heterocycles. The van der Waals surface area contributed by atoms with Crippen LogP contribution in [0.25, 0.3) is 0 Å². The molecule has 2 aliphatic rings. The summed E-state index contributed by atoms with van der Waals surface area (Å²) in [4.78, 5) is 33.3. The minimum atomic E-state index is -0.0721. The Morgan fingerprint density at radius 2 is 1.80 bits per heavy atom. The molecule has 1 fully saturated rings. The van der Waals surface area contributed by atoms with Crippen molar-refractivity contribution in [2.45, 2.75) is 38.6 Å². The zero-order valence-corrected chi connectivity index (χ0v) is 17.9. The number of nitrogens with one attached hydrogen (secondary N) is 1. The van der Waals surface area contributed by atoms with E-state index in [1.807, 2.05) is 23.1 Å². The van der Waals surface area contributed by atoms with Gasteiger partial charge in [0.2, 0.25) is 5.91 Å². The monoisotopic (exact) mass is 429 g/mol. The molecule has 8 heteroatoms. The molecule has 1 aromatic carbocycles. The third-order valence-corrected chi connectivity index (χ3v) is 6.20. The first-order valence-electron chi connectivity index (χ1n) is 10.7. The van der Waals surface area contributed by atoms with Gasteiger partial charge in [0, 0.05) is 63.3 Å². The molecule has 1 saturated heterocycles. The van der Waals surface area contributed by atoms with Crippen LogP contribution in [0.1, 0.15) is 29.9 Å². The predicted octanol–water partition coefficient (Wildman–Crippen LogP) is 2.51. The molecule has 0 radical (unpaired) electrons. The Morgan fingerprint density at radius 3 is 2.57 bits per heavy atom. The first-order chi connectivity index (χ1) is 14.6. The van der Waals surface area contributed by atoms with Gasteiger partial charge in [-0.15, -0.1) is 0 Å². The highest BCUT2D eigenvalue weighted by Gasteiger charge is 2.24. The smallest absolute Gasteiger partial charge is 0.317 e. The molecule has 1 N–H and O–H groups in total. The molecule has 160 valence electrons. The van der Waals surface area contributed by atoms with Gasteiger partial charge in [0.25, 0.3) is 0 Å². The Labute approximate surface area is 182 Å². The van der Waals surface area contributed by atoms with Gasteiger partial charge in [-0.25, -0.2) is 9.78 Å². The van der Waals surface area contributed by atoms with E-state index >= 15 is 0 Å².